The molecule has 2 amide bonds. The third kappa shape index (κ3) is 5.45. The predicted octanol–water partition coefficient (Wildman–Crippen LogP) is 1.24. The van der Waals surface area contributed by atoms with E-state index in [1.54, 1.807) is 21.0 Å². The van der Waals surface area contributed by atoms with Crippen LogP contribution in [0, 0.1) is 12.7 Å². The first kappa shape index (κ1) is 23.3. The zero-order valence-electron chi connectivity index (χ0n) is 17.5. The highest BCUT2D eigenvalue weighted by Crippen LogP contribution is 2.24. The van der Waals surface area contributed by atoms with Crippen LogP contribution in [0.15, 0.2) is 29.2 Å². The number of hydrogen-bond acceptors (Lipinski definition) is 7. The molecule has 1 aliphatic rings. The molecule has 2 aromatic rings. The van der Waals surface area contributed by atoms with Crippen LogP contribution in [0.5, 0.6) is 0 Å². The second-order valence-electron chi connectivity index (χ2n) is 7.32. The lowest BCUT2D eigenvalue weighted by Gasteiger charge is -2.33. The van der Waals surface area contributed by atoms with Crippen LogP contribution >= 0.6 is 11.3 Å². The first-order valence-electron chi connectivity index (χ1n) is 9.55. The van der Waals surface area contributed by atoms with Crippen molar-refractivity contribution in [3.05, 3.63) is 40.7 Å². The van der Waals surface area contributed by atoms with Gasteiger partial charge in [-0.05, 0) is 31.2 Å². The number of thiazole rings is 1. The summed E-state index contributed by atoms with van der Waals surface area (Å²) in [5, 5.41) is 3.06. The number of carbonyl (C=O) groups is 2. The van der Waals surface area contributed by atoms with Gasteiger partial charge in [0, 0.05) is 40.3 Å². The molecule has 31 heavy (non-hydrogen) atoms. The molecule has 2 heterocycles. The smallest absolute Gasteiger partial charge is 0.265 e. The van der Waals surface area contributed by atoms with E-state index in [0.29, 0.717) is 28.8 Å². The second-order valence-corrected chi connectivity index (χ2v) is 10.3. The van der Waals surface area contributed by atoms with Crippen molar-refractivity contribution in [3.8, 4) is 0 Å². The van der Waals surface area contributed by atoms with E-state index < -0.39 is 15.8 Å². The average Bonchev–Trinajstić information content (AvgIpc) is 3.07. The van der Waals surface area contributed by atoms with Crippen LogP contribution in [0.2, 0.25) is 0 Å². The number of aryl methyl sites for hydroxylation is 1. The number of piperazine rings is 1. The van der Waals surface area contributed by atoms with E-state index in [9.17, 15) is 22.4 Å². The van der Waals surface area contributed by atoms with E-state index in [-0.39, 0.29) is 36.3 Å². The molecule has 1 aromatic carbocycles. The van der Waals surface area contributed by atoms with E-state index in [0.717, 1.165) is 23.5 Å². The van der Waals surface area contributed by atoms with E-state index in [1.807, 2.05) is 4.90 Å². The predicted molar refractivity (Wildman–Crippen MR) is 115 cm³/mol. The summed E-state index contributed by atoms with van der Waals surface area (Å²) < 4.78 is 39.7. The first-order chi connectivity index (χ1) is 14.6. The van der Waals surface area contributed by atoms with Gasteiger partial charge in [0.25, 0.3) is 5.91 Å². The molecule has 0 atom stereocenters. The molecule has 12 heteroatoms. The van der Waals surface area contributed by atoms with Crippen molar-refractivity contribution in [2.24, 2.45) is 0 Å². The summed E-state index contributed by atoms with van der Waals surface area (Å²) in [4.78, 5) is 32.6. The average molecular weight is 470 g/mol. The van der Waals surface area contributed by atoms with Crippen LogP contribution < -0.4 is 5.32 Å². The van der Waals surface area contributed by atoms with Gasteiger partial charge in [0.1, 0.15) is 10.7 Å². The third-order valence-electron chi connectivity index (χ3n) is 4.79. The Morgan fingerprint density at radius 2 is 1.77 bits per heavy atom. The van der Waals surface area contributed by atoms with Crippen LogP contribution in [0.25, 0.3) is 0 Å². The summed E-state index contributed by atoms with van der Waals surface area (Å²) in [6, 6.07) is 4.72. The maximum atomic E-state index is 13.1. The lowest BCUT2D eigenvalue weighted by atomic mass is 10.3. The van der Waals surface area contributed by atoms with Crippen LogP contribution in [0.4, 0.5) is 9.52 Å². The first-order valence-corrected chi connectivity index (χ1v) is 11.8. The Morgan fingerprint density at radius 1 is 1.16 bits per heavy atom. The maximum Gasteiger partial charge on any atom is 0.265 e. The standard InChI is InChI=1S/C19H24FN5O4S2/c1-13-17(18(27)23(2)3)30-19(21-13)22-16(26)12-24-8-10-25(11-9-24)31(28,29)15-6-4-14(20)5-7-15/h4-7H,8-12H2,1-3H3,(H,21,22,26). The summed E-state index contributed by atoms with van der Waals surface area (Å²) >= 11 is 1.12. The number of anilines is 1. The Kier molecular flexibility index (Phi) is 7.04. The SMILES string of the molecule is Cc1nc(NC(=O)CN2CCN(S(=O)(=O)c3ccc(F)cc3)CC2)sc1C(=O)N(C)C. The molecule has 168 valence electrons. The van der Waals surface area contributed by atoms with Gasteiger partial charge in [0.2, 0.25) is 15.9 Å². The largest absolute Gasteiger partial charge is 0.344 e. The van der Waals surface area contributed by atoms with Gasteiger partial charge in [-0.3, -0.25) is 14.5 Å². The molecule has 0 unspecified atom stereocenters. The number of aromatic nitrogens is 1. The van der Waals surface area contributed by atoms with E-state index in [1.165, 1.54) is 21.3 Å². The van der Waals surface area contributed by atoms with Crippen molar-refractivity contribution >= 4 is 38.3 Å². The van der Waals surface area contributed by atoms with Gasteiger partial charge >= 0.3 is 0 Å². The number of hydrogen-bond donors (Lipinski definition) is 1. The van der Waals surface area contributed by atoms with Gasteiger partial charge in [-0.25, -0.2) is 17.8 Å². The van der Waals surface area contributed by atoms with E-state index >= 15 is 0 Å². The molecule has 0 aliphatic carbocycles. The summed E-state index contributed by atoms with van der Waals surface area (Å²) in [7, 11) is -0.404. The Hall–Kier alpha value is -2.41. The quantitative estimate of drug-likeness (QED) is 0.683. The van der Waals surface area contributed by atoms with Crippen LogP contribution in [-0.4, -0.2) is 86.1 Å². The number of amides is 2. The number of benzene rings is 1. The number of sulfonamides is 1. The molecule has 0 radical (unpaired) electrons. The highest BCUT2D eigenvalue weighted by molar-refractivity contribution is 7.89. The van der Waals surface area contributed by atoms with Crippen molar-refractivity contribution in [1.29, 1.82) is 0 Å². The van der Waals surface area contributed by atoms with Crippen molar-refractivity contribution in [2.45, 2.75) is 11.8 Å². The number of nitrogens with one attached hydrogen (secondary N) is 1. The fraction of sp³-hybridized carbons (Fsp3) is 0.421. The molecule has 3 rings (SSSR count). The van der Waals surface area contributed by atoms with Gasteiger partial charge in [-0.2, -0.15) is 4.31 Å². The number of carbonyl (C=O) groups excluding carboxylic acids is 2. The summed E-state index contributed by atoms with van der Waals surface area (Å²) in [5.74, 6) is -0.954. The Labute approximate surface area is 184 Å². The molecular weight excluding hydrogens is 445 g/mol. The fourth-order valence-electron chi connectivity index (χ4n) is 3.10. The molecule has 0 saturated carbocycles. The lowest BCUT2D eigenvalue weighted by molar-refractivity contribution is -0.117. The molecule has 0 bridgehead atoms. The van der Waals surface area contributed by atoms with Gasteiger partial charge in [0.15, 0.2) is 5.13 Å². The van der Waals surface area contributed by atoms with E-state index in [2.05, 4.69) is 10.3 Å². The van der Waals surface area contributed by atoms with E-state index in [4.69, 9.17) is 0 Å². The highest BCUT2D eigenvalue weighted by atomic mass is 32.2. The fourth-order valence-corrected chi connectivity index (χ4v) is 5.52. The summed E-state index contributed by atoms with van der Waals surface area (Å²) in [6.07, 6.45) is 0. The number of halogens is 1. The Balaban J connectivity index is 1.54. The van der Waals surface area contributed by atoms with Crippen LogP contribution in [0.1, 0.15) is 15.4 Å². The van der Waals surface area contributed by atoms with Crippen LogP contribution in [0.3, 0.4) is 0 Å². The molecular formula is C19H24FN5O4S2. The maximum absolute atomic E-state index is 13.1. The zero-order chi connectivity index (χ0) is 22.8. The molecule has 9 nitrogen and oxygen atoms in total. The summed E-state index contributed by atoms with van der Waals surface area (Å²) in [6.45, 7) is 3.02. The number of rotatable bonds is 6. The Morgan fingerprint density at radius 3 is 2.35 bits per heavy atom. The van der Waals surface area contributed by atoms with Crippen molar-refractivity contribution < 1.29 is 22.4 Å². The van der Waals surface area contributed by atoms with Crippen molar-refractivity contribution in [3.63, 3.8) is 0 Å². The van der Waals surface area contributed by atoms with Gasteiger partial charge in [0.05, 0.1) is 17.1 Å². The van der Waals surface area contributed by atoms with Crippen LogP contribution in [-0.2, 0) is 14.8 Å². The van der Waals surface area contributed by atoms with Gasteiger partial charge in [-0.15, -0.1) is 0 Å². The normalized spacial score (nSPS) is 15.6. The lowest BCUT2D eigenvalue weighted by Crippen LogP contribution is -2.50. The molecule has 1 N–H and O–H groups in total. The minimum absolute atomic E-state index is 0.0438. The van der Waals surface area contributed by atoms with Gasteiger partial charge in [-0.1, -0.05) is 11.3 Å². The topological polar surface area (TPSA) is 103 Å². The van der Waals surface area contributed by atoms with Crippen molar-refractivity contribution in [2.75, 3.05) is 52.1 Å². The number of nitrogens with zero attached hydrogens (tertiary/aromatic N) is 4. The molecule has 1 fully saturated rings. The minimum atomic E-state index is -3.70. The molecule has 1 saturated heterocycles. The molecule has 0 spiro atoms. The monoisotopic (exact) mass is 469 g/mol. The molecule has 1 aliphatic heterocycles. The van der Waals surface area contributed by atoms with Crippen molar-refractivity contribution in [1.82, 2.24) is 19.1 Å². The highest BCUT2D eigenvalue weighted by Gasteiger charge is 2.29. The summed E-state index contributed by atoms with van der Waals surface area (Å²) in [5.41, 5.74) is 0.554. The molecule has 1 aromatic heterocycles. The minimum Gasteiger partial charge on any atom is -0.344 e. The Bertz CT molecular complexity index is 1060. The third-order valence-corrected chi connectivity index (χ3v) is 7.77. The zero-order valence-corrected chi connectivity index (χ0v) is 19.1. The second kappa shape index (κ2) is 9.39. The van der Waals surface area contributed by atoms with Gasteiger partial charge < -0.3 is 10.2 Å².